The zero-order chi connectivity index (χ0) is 8.55. The smallest absolute Gasteiger partial charge is 0.107 e. The minimum absolute atomic E-state index is 0.676. The number of hydrogen-bond donors (Lipinski definition) is 0. The van der Waals surface area contributed by atoms with Gasteiger partial charge in [0, 0.05) is 5.92 Å². The molecule has 1 aromatic rings. The fraction of sp³-hybridized carbons (Fsp3) is 0.636. The van der Waals surface area contributed by atoms with Crippen LogP contribution in [-0.4, -0.2) is 0 Å². The molecule has 1 nitrogen and oxygen atoms in total. The first kappa shape index (κ1) is 7.90. The van der Waals surface area contributed by atoms with Crippen molar-refractivity contribution in [2.75, 3.05) is 0 Å². The van der Waals surface area contributed by atoms with Gasteiger partial charge in [0.25, 0.3) is 0 Å². The van der Waals surface area contributed by atoms with Gasteiger partial charge in [0.15, 0.2) is 0 Å². The third-order valence-electron chi connectivity index (χ3n) is 3.03. The van der Waals surface area contributed by atoms with Crippen LogP contribution in [0, 0.1) is 11.8 Å². The number of rotatable bonds is 1. The second kappa shape index (κ2) is 2.96. The molecule has 1 fully saturated rings. The first-order chi connectivity index (χ1) is 5.77. The fourth-order valence-electron chi connectivity index (χ4n) is 2.46. The van der Waals surface area contributed by atoms with E-state index in [9.17, 15) is 0 Å². The lowest BCUT2D eigenvalue weighted by Gasteiger charge is -2.10. The first-order valence-electron chi connectivity index (χ1n) is 4.80. The van der Waals surface area contributed by atoms with Gasteiger partial charge in [0.1, 0.15) is 5.76 Å². The molecule has 0 N–H and O–H groups in total. The van der Waals surface area contributed by atoms with Crippen LogP contribution in [-0.2, 0) is 0 Å². The van der Waals surface area contributed by atoms with Gasteiger partial charge in [-0.05, 0) is 36.8 Å². The zero-order valence-electron chi connectivity index (χ0n) is 7.79. The van der Waals surface area contributed by atoms with E-state index in [1.807, 2.05) is 6.07 Å². The summed E-state index contributed by atoms with van der Waals surface area (Å²) >= 11 is 0. The van der Waals surface area contributed by atoms with Crippen molar-refractivity contribution in [1.82, 2.24) is 0 Å². The van der Waals surface area contributed by atoms with Crippen molar-refractivity contribution in [3.8, 4) is 0 Å². The number of furan rings is 1. The van der Waals surface area contributed by atoms with E-state index in [-0.39, 0.29) is 0 Å². The van der Waals surface area contributed by atoms with Gasteiger partial charge in [-0.25, -0.2) is 0 Å². The Labute approximate surface area is 73.8 Å². The van der Waals surface area contributed by atoms with Crippen LogP contribution in [0.4, 0.5) is 0 Å². The van der Waals surface area contributed by atoms with Crippen molar-refractivity contribution < 1.29 is 4.42 Å². The van der Waals surface area contributed by atoms with Gasteiger partial charge in [0.2, 0.25) is 0 Å². The highest BCUT2D eigenvalue weighted by Gasteiger charge is 2.31. The normalized spacial score (nSPS) is 35.7. The van der Waals surface area contributed by atoms with Gasteiger partial charge >= 0.3 is 0 Å². The maximum absolute atomic E-state index is 5.44. The van der Waals surface area contributed by atoms with E-state index in [4.69, 9.17) is 4.42 Å². The molecule has 0 spiro atoms. The maximum Gasteiger partial charge on any atom is 0.107 e. The third-order valence-corrected chi connectivity index (χ3v) is 3.03. The van der Waals surface area contributed by atoms with Crippen molar-refractivity contribution in [2.45, 2.75) is 32.6 Å². The van der Waals surface area contributed by atoms with Gasteiger partial charge in [-0.1, -0.05) is 13.8 Å². The average Bonchev–Trinajstić information content (AvgIpc) is 2.58. The second-order valence-electron chi connectivity index (χ2n) is 4.18. The maximum atomic E-state index is 5.44. The molecule has 12 heavy (non-hydrogen) atoms. The van der Waals surface area contributed by atoms with Gasteiger partial charge in [-0.2, -0.15) is 0 Å². The summed E-state index contributed by atoms with van der Waals surface area (Å²) in [6, 6.07) is 4.10. The van der Waals surface area contributed by atoms with Crippen molar-refractivity contribution in [3.63, 3.8) is 0 Å². The molecule has 0 amide bonds. The summed E-state index contributed by atoms with van der Waals surface area (Å²) in [6.07, 6.45) is 4.44. The summed E-state index contributed by atoms with van der Waals surface area (Å²) in [5.74, 6) is 3.53. The summed E-state index contributed by atoms with van der Waals surface area (Å²) in [4.78, 5) is 0. The molecule has 3 unspecified atom stereocenters. The lowest BCUT2D eigenvalue weighted by atomic mass is 9.96. The van der Waals surface area contributed by atoms with Crippen LogP contribution < -0.4 is 0 Å². The quantitative estimate of drug-likeness (QED) is 0.619. The standard InChI is InChI=1S/C11H16O/c1-8-6-9(2)10(7-8)11-4-3-5-12-11/h3-5,8-10H,6-7H2,1-2H3. The van der Waals surface area contributed by atoms with E-state index in [2.05, 4.69) is 19.9 Å². The second-order valence-corrected chi connectivity index (χ2v) is 4.18. The van der Waals surface area contributed by atoms with Gasteiger partial charge in [-0.3, -0.25) is 0 Å². The molecule has 0 aromatic carbocycles. The van der Waals surface area contributed by atoms with Gasteiger partial charge in [0.05, 0.1) is 6.26 Å². The molecule has 1 aliphatic carbocycles. The van der Waals surface area contributed by atoms with Crippen LogP contribution >= 0.6 is 0 Å². The highest BCUT2D eigenvalue weighted by Crippen LogP contribution is 2.42. The van der Waals surface area contributed by atoms with Crippen molar-refractivity contribution >= 4 is 0 Å². The van der Waals surface area contributed by atoms with E-state index in [0.717, 1.165) is 11.8 Å². The van der Waals surface area contributed by atoms with E-state index in [1.54, 1.807) is 6.26 Å². The third kappa shape index (κ3) is 1.28. The largest absolute Gasteiger partial charge is 0.469 e. The van der Waals surface area contributed by atoms with Gasteiger partial charge < -0.3 is 4.42 Å². The minimum Gasteiger partial charge on any atom is -0.469 e. The molecule has 0 aliphatic heterocycles. The van der Waals surface area contributed by atoms with Gasteiger partial charge in [-0.15, -0.1) is 0 Å². The zero-order valence-corrected chi connectivity index (χ0v) is 7.79. The molecule has 1 aromatic heterocycles. The Bertz CT molecular complexity index is 238. The number of hydrogen-bond acceptors (Lipinski definition) is 1. The fourth-order valence-corrected chi connectivity index (χ4v) is 2.46. The van der Waals surface area contributed by atoms with Crippen LogP contribution in [0.1, 0.15) is 38.4 Å². The summed E-state index contributed by atoms with van der Waals surface area (Å²) in [6.45, 7) is 4.66. The lowest BCUT2D eigenvalue weighted by molar-refractivity contribution is 0.414. The molecular weight excluding hydrogens is 148 g/mol. The molecule has 0 radical (unpaired) electrons. The van der Waals surface area contributed by atoms with Crippen LogP contribution in [0.5, 0.6) is 0 Å². The van der Waals surface area contributed by atoms with E-state index in [0.29, 0.717) is 5.92 Å². The molecule has 3 atom stereocenters. The van der Waals surface area contributed by atoms with E-state index in [1.165, 1.54) is 18.6 Å². The molecule has 66 valence electrons. The summed E-state index contributed by atoms with van der Waals surface area (Å²) in [5.41, 5.74) is 0. The Morgan fingerprint density at radius 1 is 1.33 bits per heavy atom. The Morgan fingerprint density at radius 2 is 2.17 bits per heavy atom. The van der Waals surface area contributed by atoms with Crippen molar-refractivity contribution in [3.05, 3.63) is 24.2 Å². The van der Waals surface area contributed by atoms with Crippen molar-refractivity contribution in [2.24, 2.45) is 11.8 Å². The predicted octanol–water partition coefficient (Wildman–Crippen LogP) is 3.43. The van der Waals surface area contributed by atoms with Crippen LogP contribution in [0.2, 0.25) is 0 Å². The highest BCUT2D eigenvalue weighted by molar-refractivity contribution is 5.09. The highest BCUT2D eigenvalue weighted by atomic mass is 16.3. The summed E-state index contributed by atoms with van der Waals surface area (Å²) in [7, 11) is 0. The molecule has 1 heterocycles. The van der Waals surface area contributed by atoms with E-state index >= 15 is 0 Å². The summed E-state index contributed by atoms with van der Waals surface area (Å²) in [5, 5.41) is 0. The topological polar surface area (TPSA) is 13.1 Å². The summed E-state index contributed by atoms with van der Waals surface area (Å²) < 4.78 is 5.44. The van der Waals surface area contributed by atoms with Crippen LogP contribution in [0.3, 0.4) is 0 Å². The molecule has 2 rings (SSSR count). The SMILES string of the molecule is CC1CC(C)C(c2ccco2)C1. The Balaban J connectivity index is 2.15. The molecule has 1 saturated carbocycles. The molecule has 1 heteroatoms. The van der Waals surface area contributed by atoms with E-state index < -0.39 is 0 Å². The predicted molar refractivity (Wildman–Crippen MR) is 49.0 cm³/mol. The lowest BCUT2D eigenvalue weighted by Crippen LogP contribution is -1.99. The van der Waals surface area contributed by atoms with Crippen LogP contribution in [0.15, 0.2) is 22.8 Å². The van der Waals surface area contributed by atoms with Crippen LogP contribution in [0.25, 0.3) is 0 Å². The Morgan fingerprint density at radius 3 is 2.67 bits per heavy atom. The molecular formula is C11H16O. The minimum atomic E-state index is 0.676. The first-order valence-corrected chi connectivity index (χ1v) is 4.80. The molecule has 1 aliphatic rings. The molecule has 0 saturated heterocycles. The molecule has 0 bridgehead atoms. The average molecular weight is 164 g/mol. The van der Waals surface area contributed by atoms with Crippen molar-refractivity contribution in [1.29, 1.82) is 0 Å². The Kier molecular flexibility index (Phi) is 1.95. The Hall–Kier alpha value is -0.720. The monoisotopic (exact) mass is 164 g/mol.